The van der Waals surface area contributed by atoms with Crippen LogP contribution >= 0.6 is 23.2 Å². The van der Waals surface area contributed by atoms with Crippen molar-refractivity contribution in [3.05, 3.63) is 33.8 Å². The van der Waals surface area contributed by atoms with Gasteiger partial charge in [-0.1, -0.05) is 42.1 Å². The second kappa shape index (κ2) is 5.79. The highest BCUT2D eigenvalue weighted by atomic mass is 35.5. The van der Waals surface area contributed by atoms with Gasteiger partial charge in [0.1, 0.15) is 0 Å². The molecule has 0 amide bonds. The number of hydrogen-bond donors (Lipinski definition) is 1. The molecule has 1 unspecified atom stereocenters. The normalized spacial score (nSPS) is 20.0. The summed E-state index contributed by atoms with van der Waals surface area (Å²) in [5.74, 6) is 0. The van der Waals surface area contributed by atoms with Crippen molar-refractivity contribution in [1.82, 2.24) is 0 Å². The quantitative estimate of drug-likeness (QED) is 0.914. The molecule has 1 fully saturated rings. The molecule has 0 bridgehead atoms. The van der Waals surface area contributed by atoms with Crippen molar-refractivity contribution in [2.75, 3.05) is 7.11 Å². The van der Waals surface area contributed by atoms with Gasteiger partial charge in [0.15, 0.2) is 0 Å². The zero-order valence-electron chi connectivity index (χ0n) is 10.6. The minimum atomic E-state index is -0.206. The lowest BCUT2D eigenvalue weighted by atomic mass is 9.88. The third-order valence-corrected chi connectivity index (χ3v) is 4.73. The summed E-state index contributed by atoms with van der Waals surface area (Å²) in [5.41, 5.74) is 7.07. The lowest BCUT2D eigenvalue weighted by molar-refractivity contribution is -0.0253. The first-order chi connectivity index (χ1) is 8.59. The van der Waals surface area contributed by atoms with Crippen LogP contribution in [0, 0.1) is 0 Å². The molecule has 2 N–H and O–H groups in total. The van der Waals surface area contributed by atoms with E-state index in [1.165, 1.54) is 12.8 Å². The van der Waals surface area contributed by atoms with Crippen LogP contribution in [0.3, 0.4) is 0 Å². The van der Waals surface area contributed by atoms with E-state index < -0.39 is 0 Å². The summed E-state index contributed by atoms with van der Waals surface area (Å²) < 4.78 is 5.70. The molecule has 0 spiro atoms. The molecular weight excluding hydrogens is 269 g/mol. The van der Waals surface area contributed by atoms with Crippen molar-refractivity contribution in [3.63, 3.8) is 0 Å². The number of halogens is 2. The number of nitrogens with two attached hydrogens (primary N) is 1. The van der Waals surface area contributed by atoms with Gasteiger partial charge in [0, 0.05) is 23.2 Å². The van der Waals surface area contributed by atoms with E-state index in [0.717, 1.165) is 18.4 Å². The Bertz CT molecular complexity index is 396. The highest BCUT2D eigenvalue weighted by Crippen LogP contribution is 2.37. The van der Waals surface area contributed by atoms with Crippen LogP contribution in [0.25, 0.3) is 0 Å². The van der Waals surface area contributed by atoms with Gasteiger partial charge in [-0.3, -0.25) is 0 Å². The van der Waals surface area contributed by atoms with Gasteiger partial charge in [0.2, 0.25) is 0 Å². The molecule has 2 rings (SSSR count). The molecule has 18 heavy (non-hydrogen) atoms. The van der Waals surface area contributed by atoms with Crippen LogP contribution in [0.4, 0.5) is 0 Å². The van der Waals surface area contributed by atoms with Gasteiger partial charge >= 0.3 is 0 Å². The molecule has 1 aliphatic rings. The van der Waals surface area contributed by atoms with Gasteiger partial charge in [-0.15, -0.1) is 0 Å². The SMILES string of the molecule is COC1(C(N)Cc2c(Cl)cccc2Cl)CCCC1. The Morgan fingerprint density at radius 3 is 2.33 bits per heavy atom. The Morgan fingerprint density at radius 1 is 1.28 bits per heavy atom. The van der Waals surface area contributed by atoms with Gasteiger partial charge in [0.25, 0.3) is 0 Å². The highest BCUT2D eigenvalue weighted by Gasteiger charge is 2.39. The molecule has 1 aromatic carbocycles. The van der Waals surface area contributed by atoms with E-state index in [4.69, 9.17) is 33.7 Å². The third kappa shape index (κ3) is 2.67. The first-order valence-corrected chi connectivity index (χ1v) is 7.08. The Hall–Kier alpha value is -0.280. The summed E-state index contributed by atoms with van der Waals surface area (Å²) in [6, 6.07) is 5.48. The maximum absolute atomic E-state index is 6.35. The third-order valence-electron chi connectivity index (χ3n) is 4.02. The number of ether oxygens (including phenoxy) is 1. The fourth-order valence-corrected chi connectivity index (χ4v) is 3.38. The van der Waals surface area contributed by atoms with Crippen LogP contribution in [-0.4, -0.2) is 18.8 Å². The maximum atomic E-state index is 6.35. The largest absolute Gasteiger partial charge is 0.377 e. The fourth-order valence-electron chi connectivity index (χ4n) is 2.83. The monoisotopic (exact) mass is 287 g/mol. The number of methoxy groups -OCH3 is 1. The summed E-state index contributed by atoms with van der Waals surface area (Å²) >= 11 is 12.4. The second-order valence-electron chi connectivity index (χ2n) is 4.99. The van der Waals surface area contributed by atoms with Crippen LogP contribution in [-0.2, 0) is 11.2 Å². The molecule has 0 aliphatic heterocycles. The van der Waals surface area contributed by atoms with E-state index in [0.29, 0.717) is 16.5 Å². The first-order valence-electron chi connectivity index (χ1n) is 6.33. The molecule has 1 atom stereocenters. The number of hydrogen-bond acceptors (Lipinski definition) is 2. The predicted molar refractivity (Wildman–Crippen MR) is 76.3 cm³/mol. The standard InChI is InChI=1S/C14H19Cl2NO/c1-18-14(7-2-3-8-14)13(17)9-10-11(15)5-4-6-12(10)16/h4-6,13H,2-3,7-9,17H2,1H3. The molecule has 2 nitrogen and oxygen atoms in total. The van der Waals surface area contributed by atoms with E-state index in [1.54, 1.807) is 7.11 Å². The Morgan fingerprint density at radius 2 is 1.83 bits per heavy atom. The number of benzene rings is 1. The minimum Gasteiger partial charge on any atom is -0.377 e. The van der Waals surface area contributed by atoms with Crippen molar-refractivity contribution in [1.29, 1.82) is 0 Å². The van der Waals surface area contributed by atoms with Crippen LogP contribution in [0.1, 0.15) is 31.2 Å². The van der Waals surface area contributed by atoms with E-state index in [9.17, 15) is 0 Å². The lowest BCUT2D eigenvalue weighted by Crippen LogP contribution is -2.48. The molecule has 0 radical (unpaired) electrons. The maximum Gasteiger partial charge on any atom is 0.0832 e. The topological polar surface area (TPSA) is 35.2 Å². The summed E-state index contributed by atoms with van der Waals surface area (Å²) in [5, 5.41) is 1.37. The Balaban J connectivity index is 2.18. The molecular formula is C14H19Cl2NO. The zero-order valence-corrected chi connectivity index (χ0v) is 12.1. The van der Waals surface area contributed by atoms with E-state index in [2.05, 4.69) is 0 Å². The van der Waals surface area contributed by atoms with Crippen molar-refractivity contribution in [2.24, 2.45) is 5.73 Å². The van der Waals surface area contributed by atoms with Crippen LogP contribution in [0.15, 0.2) is 18.2 Å². The van der Waals surface area contributed by atoms with Gasteiger partial charge in [-0.05, 0) is 37.0 Å². The molecule has 100 valence electrons. The molecule has 1 aromatic rings. The van der Waals surface area contributed by atoms with Gasteiger partial charge < -0.3 is 10.5 Å². The van der Waals surface area contributed by atoms with E-state index in [1.807, 2.05) is 18.2 Å². The van der Waals surface area contributed by atoms with E-state index >= 15 is 0 Å². The predicted octanol–water partition coefficient (Wildman–Crippen LogP) is 3.82. The molecule has 0 aromatic heterocycles. The Labute approximate surface area is 118 Å². The molecule has 1 saturated carbocycles. The average Bonchev–Trinajstić information content (AvgIpc) is 2.84. The lowest BCUT2D eigenvalue weighted by Gasteiger charge is -2.34. The molecule has 0 saturated heterocycles. The molecule has 1 aliphatic carbocycles. The van der Waals surface area contributed by atoms with Crippen LogP contribution in [0.2, 0.25) is 10.0 Å². The van der Waals surface area contributed by atoms with Crippen molar-refractivity contribution in [3.8, 4) is 0 Å². The van der Waals surface area contributed by atoms with Crippen LogP contribution < -0.4 is 5.73 Å². The first kappa shape index (κ1) is 14.1. The van der Waals surface area contributed by atoms with Crippen LogP contribution in [0.5, 0.6) is 0 Å². The average molecular weight is 288 g/mol. The van der Waals surface area contributed by atoms with Crippen molar-refractivity contribution in [2.45, 2.75) is 43.7 Å². The van der Waals surface area contributed by atoms with E-state index in [-0.39, 0.29) is 11.6 Å². The molecule has 0 heterocycles. The summed E-state index contributed by atoms with van der Waals surface area (Å²) in [7, 11) is 1.75. The zero-order chi connectivity index (χ0) is 13.2. The highest BCUT2D eigenvalue weighted by molar-refractivity contribution is 6.36. The van der Waals surface area contributed by atoms with Gasteiger partial charge in [-0.2, -0.15) is 0 Å². The summed E-state index contributed by atoms with van der Waals surface area (Å²) in [6.45, 7) is 0. The van der Waals surface area contributed by atoms with Crippen molar-refractivity contribution >= 4 is 23.2 Å². The molecule has 4 heteroatoms. The Kier molecular flexibility index (Phi) is 4.54. The second-order valence-corrected chi connectivity index (χ2v) is 5.80. The smallest absolute Gasteiger partial charge is 0.0832 e. The number of rotatable bonds is 4. The summed E-state index contributed by atoms with van der Waals surface area (Å²) in [6.07, 6.45) is 5.06. The van der Waals surface area contributed by atoms with Gasteiger partial charge in [-0.25, -0.2) is 0 Å². The fraction of sp³-hybridized carbons (Fsp3) is 0.571. The van der Waals surface area contributed by atoms with Gasteiger partial charge in [0.05, 0.1) is 5.60 Å². The summed E-state index contributed by atoms with van der Waals surface area (Å²) in [4.78, 5) is 0. The van der Waals surface area contributed by atoms with Crippen molar-refractivity contribution < 1.29 is 4.74 Å². The minimum absolute atomic E-state index is 0.0672.